The molecule has 1 unspecified atom stereocenters. The van der Waals surface area contributed by atoms with Crippen LogP contribution in [0.4, 0.5) is 0 Å². The molecule has 2 aromatic rings. The smallest absolute Gasteiger partial charge is 0.240 e. The van der Waals surface area contributed by atoms with Gasteiger partial charge in [-0.25, -0.2) is 5.01 Å². The van der Waals surface area contributed by atoms with E-state index < -0.39 is 0 Å². The van der Waals surface area contributed by atoms with Crippen LogP contribution in [0, 0.1) is 6.92 Å². The number of nitrogens with zero attached hydrogens (tertiary/aromatic N) is 2. The molecule has 0 N–H and O–H groups in total. The predicted octanol–water partition coefficient (Wildman–Crippen LogP) is 3.75. The maximum Gasteiger partial charge on any atom is 0.240 e. The van der Waals surface area contributed by atoms with Crippen molar-refractivity contribution >= 4 is 23.0 Å². The summed E-state index contributed by atoms with van der Waals surface area (Å²) in [5, 5.41) is 8.20. The second-order valence-corrected chi connectivity index (χ2v) is 5.91. The van der Waals surface area contributed by atoms with Crippen LogP contribution >= 0.6 is 11.3 Å². The van der Waals surface area contributed by atoms with Crippen molar-refractivity contribution in [3.8, 4) is 0 Å². The van der Waals surface area contributed by atoms with E-state index in [9.17, 15) is 4.79 Å². The minimum atomic E-state index is -0.00944. The molecule has 1 aliphatic heterocycles. The van der Waals surface area contributed by atoms with Crippen molar-refractivity contribution in [1.29, 1.82) is 0 Å². The Bertz CT molecular complexity index is 661. The average molecular weight is 284 g/mol. The van der Waals surface area contributed by atoms with Crippen molar-refractivity contribution in [1.82, 2.24) is 5.01 Å². The average Bonchev–Trinajstić information content (AvgIpc) is 3.08. The van der Waals surface area contributed by atoms with Crippen molar-refractivity contribution in [3.05, 3.63) is 57.8 Å². The molecule has 0 bridgehead atoms. The van der Waals surface area contributed by atoms with Gasteiger partial charge in [-0.05, 0) is 29.5 Å². The highest BCUT2D eigenvalue weighted by molar-refractivity contribution is 7.12. The molecule has 1 amide bonds. The summed E-state index contributed by atoms with van der Waals surface area (Å²) in [5.41, 5.74) is 3.38. The molecule has 0 saturated heterocycles. The SMILES string of the molecule is CC(=O)N1N=C(c2cccs2)CC1c1ccccc1C. The number of hydrazone groups is 1. The first-order chi connectivity index (χ1) is 9.66. The summed E-state index contributed by atoms with van der Waals surface area (Å²) < 4.78 is 0. The number of hydrogen-bond donors (Lipinski definition) is 0. The fourth-order valence-corrected chi connectivity index (χ4v) is 3.32. The molecule has 0 aliphatic carbocycles. The lowest BCUT2D eigenvalue weighted by molar-refractivity contribution is -0.130. The fraction of sp³-hybridized carbons (Fsp3) is 0.250. The monoisotopic (exact) mass is 284 g/mol. The molecule has 0 spiro atoms. The number of amides is 1. The zero-order valence-electron chi connectivity index (χ0n) is 11.5. The summed E-state index contributed by atoms with van der Waals surface area (Å²) in [6.07, 6.45) is 0.783. The first-order valence-electron chi connectivity index (χ1n) is 6.63. The molecule has 3 rings (SSSR count). The van der Waals surface area contributed by atoms with Gasteiger partial charge in [0.05, 0.1) is 16.6 Å². The number of aryl methyl sites for hydroxylation is 1. The lowest BCUT2D eigenvalue weighted by atomic mass is 9.97. The van der Waals surface area contributed by atoms with Crippen LogP contribution in [0.3, 0.4) is 0 Å². The zero-order chi connectivity index (χ0) is 14.1. The van der Waals surface area contributed by atoms with Crippen LogP contribution in [0.1, 0.15) is 35.4 Å². The molecule has 1 aliphatic rings. The second kappa shape index (κ2) is 5.21. The van der Waals surface area contributed by atoms with Crippen LogP contribution in [-0.2, 0) is 4.79 Å². The minimum absolute atomic E-state index is 0.00944. The third kappa shape index (κ3) is 2.27. The van der Waals surface area contributed by atoms with E-state index in [1.54, 1.807) is 23.3 Å². The maximum absolute atomic E-state index is 11.9. The summed E-state index contributed by atoms with van der Waals surface area (Å²) in [5.74, 6) is -0.00944. The third-order valence-corrected chi connectivity index (χ3v) is 4.50. The van der Waals surface area contributed by atoms with Gasteiger partial charge in [-0.2, -0.15) is 5.10 Å². The molecule has 4 heteroatoms. The van der Waals surface area contributed by atoms with Gasteiger partial charge in [-0.3, -0.25) is 4.79 Å². The Hall–Kier alpha value is -1.94. The van der Waals surface area contributed by atoms with Crippen molar-refractivity contribution in [2.24, 2.45) is 5.10 Å². The van der Waals surface area contributed by atoms with E-state index in [1.165, 1.54) is 11.1 Å². The third-order valence-electron chi connectivity index (χ3n) is 3.59. The highest BCUT2D eigenvalue weighted by Gasteiger charge is 2.32. The lowest BCUT2D eigenvalue weighted by Gasteiger charge is -2.22. The fourth-order valence-electron chi connectivity index (χ4n) is 2.60. The molecule has 2 heterocycles. The Labute approximate surface area is 122 Å². The Balaban J connectivity index is 1.98. The quantitative estimate of drug-likeness (QED) is 0.826. The van der Waals surface area contributed by atoms with Crippen LogP contribution < -0.4 is 0 Å². The summed E-state index contributed by atoms with van der Waals surface area (Å²) in [4.78, 5) is 13.0. The Morgan fingerprint density at radius 1 is 1.30 bits per heavy atom. The van der Waals surface area contributed by atoms with Gasteiger partial charge in [0.25, 0.3) is 0 Å². The largest absolute Gasteiger partial charge is 0.273 e. The van der Waals surface area contributed by atoms with Crippen LogP contribution in [-0.4, -0.2) is 16.6 Å². The normalized spacial score (nSPS) is 18.2. The first-order valence-corrected chi connectivity index (χ1v) is 7.51. The standard InChI is InChI=1S/C16H16N2OS/c1-11-6-3-4-7-13(11)15-10-14(16-8-5-9-20-16)17-18(15)12(2)19/h3-9,15H,10H2,1-2H3. The second-order valence-electron chi connectivity index (χ2n) is 4.96. The van der Waals surface area contributed by atoms with Gasteiger partial charge in [0.1, 0.15) is 0 Å². The highest BCUT2D eigenvalue weighted by atomic mass is 32.1. The van der Waals surface area contributed by atoms with Crippen LogP contribution in [0.2, 0.25) is 0 Å². The lowest BCUT2D eigenvalue weighted by Crippen LogP contribution is -2.24. The molecule has 0 radical (unpaired) electrons. The zero-order valence-corrected chi connectivity index (χ0v) is 12.4. The van der Waals surface area contributed by atoms with Gasteiger partial charge in [-0.15, -0.1) is 11.3 Å². The van der Waals surface area contributed by atoms with E-state index in [2.05, 4.69) is 30.2 Å². The van der Waals surface area contributed by atoms with Gasteiger partial charge in [0.2, 0.25) is 5.91 Å². The topological polar surface area (TPSA) is 32.7 Å². The Kier molecular flexibility index (Phi) is 3.40. The summed E-state index contributed by atoms with van der Waals surface area (Å²) >= 11 is 1.67. The van der Waals surface area contributed by atoms with E-state index in [-0.39, 0.29) is 11.9 Å². The molecule has 102 valence electrons. The van der Waals surface area contributed by atoms with Gasteiger partial charge < -0.3 is 0 Å². The van der Waals surface area contributed by atoms with Crippen molar-refractivity contribution in [2.75, 3.05) is 0 Å². The van der Waals surface area contributed by atoms with E-state index in [1.807, 2.05) is 23.6 Å². The van der Waals surface area contributed by atoms with E-state index >= 15 is 0 Å². The first kappa shape index (κ1) is 13.1. The number of hydrogen-bond acceptors (Lipinski definition) is 3. The van der Waals surface area contributed by atoms with Crippen LogP contribution in [0.25, 0.3) is 0 Å². The molecular weight excluding hydrogens is 268 g/mol. The number of carbonyl (C=O) groups is 1. The van der Waals surface area contributed by atoms with Crippen LogP contribution in [0.15, 0.2) is 46.9 Å². The van der Waals surface area contributed by atoms with Crippen molar-refractivity contribution < 1.29 is 4.79 Å². The van der Waals surface area contributed by atoms with Crippen LogP contribution in [0.5, 0.6) is 0 Å². The summed E-state index contributed by atoms with van der Waals surface area (Å²) in [6, 6.07) is 12.3. The summed E-state index contributed by atoms with van der Waals surface area (Å²) in [7, 11) is 0. The Morgan fingerprint density at radius 2 is 2.10 bits per heavy atom. The van der Waals surface area contributed by atoms with Crippen molar-refractivity contribution in [2.45, 2.75) is 26.3 Å². The molecule has 1 atom stereocenters. The van der Waals surface area contributed by atoms with Gasteiger partial charge in [0, 0.05) is 13.3 Å². The molecule has 1 aromatic heterocycles. The minimum Gasteiger partial charge on any atom is -0.273 e. The number of rotatable bonds is 2. The van der Waals surface area contributed by atoms with E-state index in [4.69, 9.17) is 0 Å². The highest BCUT2D eigenvalue weighted by Crippen LogP contribution is 2.34. The molecule has 3 nitrogen and oxygen atoms in total. The number of benzene rings is 1. The number of carbonyl (C=O) groups excluding carboxylic acids is 1. The number of thiophene rings is 1. The maximum atomic E-state index is 11.9. The molecule has 20 heavy (non-hydrogen) atoms. The molecule has 1 aromatic carbocycles. The predicted molar refractivity (Wildman–Crippen MR) is 81.9 cm³/mol. The Morgan fingerprint density at radius 3 is 2.75 bits per heavy atom. The molecule has 0 fully saturated rings. The van der Waals surface area contributed by atoms with Gasteiger partial charge in [0.15, 0.2) is 0 Å². The van der Waals surface area contributed by atoms with Gasteiger partial charge in [-0.1, -0.05) is 30.3 Å². The molecule has 0 saturated carbocycles. The molecular formula is C16H16N2OS. The van der Waals surface area contributed by atoms with Crippen molar-refractivity contribution in [3.63, 3.8) is 0 Å². The van der Waals surface area contributed by atoms with E-state index in [0.29, 0.717) is 0 Å². The summed E-state index contributed by atoms with van der Waals surface area (Å²) in [6.45, 7) is 3.66. The van der Waals surface area contributed by atoms with Gasteiger partial charge >= 0.3 is 0 Å². The van der Waals surface area contributed by atoms with E-state index in [0.717, 1.165) is 17.0 Å².